The number of carbonyl (C=O) groups is 3. The maximum Gasteiger partial charge on any atom is 0.524 e. The highest BCUT2D eigenvalue weighted by atomic mass is 31.2. The second kappa shape index (κ2) is 14.9. The molecule has 1 aromatic heterocycles. The van der Waals surface area contributed by atoms with Crippen molar-refractivity contribution in [3.8, 4) is 11.8 Å². The van der Waals surface area contributed by atoms with Gasteiger partial charge < -0.3 is 20.5 Å². The summed E-state index contributed by atoms with van der Waals surface area (Å²) < 4.78 is 15.7. The molecule has 3 amide bonds. The largest absolute Gasteiger partial charge is 0.524 e. The van der Waals surface area contributed by atoms with Crippen LogP contribution in [0.5, 0.6) is 5.75 Å². The number of hydrogen-bond donors (Lipinski definition) is 5. The van der Waals surface area contributed by atoms with Crippen LogP contribution in [-0.2, 0) is 27.1 Å². The van der Waals surface area contributed by atoms with Crippen LogP contribution in [0.15, 0.2) is 73.1 Å². The van der Waals surface area contributed by atoms with E-state index >= 15 is 0 Å². The van der Waals surface area contributed by atoms with Crippen LogP contribution in [0.25, 0.3) is 0 Å². The average Bonchev–Trinajstić information content (AvgIpc) is 2.95. The Hall–Kier alpha value is -4.56. The highest BCUT2D eigenvalue weighted by Crippen LogP contribution is 2.37. The molecule has 0 aliphatic carbocycles. The predicted molar refractivity (Wildman–Crippen MR) is 153 cm³/mol. The van der Waals surface area contributed by atoms with Crippen LogP contribution in [0.1, 0.15) is 47.3 Å². The Labute approximate surface area is 243 Å². The number of aromatic nitrogens is 1. The molecule has 3 rings (SSSR count). The topological polar surface area (TPSA) is 191 Å². The Morgan fingerprint density at radius 3 is 2.12 bits per heavy atom. The molecule has 1 heterocycles. The number of nitrogens with one attached hydrogen (secondary N) is 3. The lowest BCUT2D eigenvalue weighted by molar-refractivity contribution is -0.130. The summed E-state index contributed by atoms with van der Waals surface area (Å²) >= 11 is 0. The van der Waals surface area contributed by atoms with Crippen molar-refractivity contribution in [3.05, 3.63) is 95.3 Å². The predicted octanol–water partition coefficient (Wildman–Crippen LogP) is 2.61. The number of amides is 3. The maximum atomic E-state index is 13.6. The van der Waals surface area contributed by atoms with E-state index in [1.165, 1.54) is 48.5 Å². The van der Waals surface area contributed by atoms with Gasteiger partial charge in [0.05, 0.1) is 11.6 Å². The summed E-state index contributed by atoms with van der Waals surface area (Å²) in [6.07, 6.45) is 3.57. The van der Waals surface area contributed by atoms with Gasteiger partial charge >= 0.3 is 7.82 Å². The van der Waals surface area contributed by atoms with E-state index in [0.717, 1.165) is 5.56 Å². The number of benzene rings is 2. The zero-order chi connectivity index (χ0) is 30.7. The standard InChI is InChI=1S/C29H32N5O7P/c1-19(2)15-25(28(36)32-18-22-11-13-31-14-12-22)34-29(37)26(33-27(35)23-7-3-21(17-30)4-8-23)16-20-5-9-24(10-6-20)41-42(38,39)40/h3-14,19,25-26H,15-16,18H2,1-2H3,(H,32,36)(H,33,35)(H,34,37)(H2,38,39,40)/t25-,26-/m0/s1. The van der Waals surface area contributed by atoms with Gasteiger partial charge in [0, 0.05) is 30.9 Å². The van der Waals surface area contributed by atoms with E-state index in [-0.39, 0.29) is 36.1 Å². The third kappa shape index (κ3) is 10.4. The molecule has 13 heteroatoms. The van der Waals surface area contributed by atoms with E-state index in [2.05, 4.69) is 25.5 Å². The Morgan fingerprint density at radius 2 is 1.55 bits per heavy atom. The van der Waals surface area contributed by atoms with Crippen LogP contribution in [0, 0.1) is 17.2 Å². The fraction of sp³-hybridized carbons (Fsp3) is 0.276. The van der Waals surface area contributed by atoms with Gasteiger partial charge in [0.15, 0.2) is 0 Å². The number of rotatable bonds is 13. The first-order valence-corrected chi connectivity index (χ1v) is 14.6. The SMILES string of the molecule is CC(C)C[C@H](NC(=O)[C@H](Cc1ccc(OP(=O)(O)O)cc1)NC(=O)c1ccc(C#N)cc1)C(=O)NCc1ccncc1. The molecule has 42 heavy (non-hydrogen) atoms. The van der Waals surface area contributed by atoms with Gasteiger partial charge in [-0.3, -0.25) is 29.2 Å². The third-order valence-electron chi connectivity index (χ3n) is 6.04. The first-order valence-electron chi connectivity index (χ1n) is 13.1. The zero-order valence-corrected chi connectivity index (χ0v) is 24.0. The minimum absolute atomic E-state index is 0.00290. The number of nitrogens with zero attached hydrogens (tertiary/aromatic N) is 2. The molecule has 0 radical (unpaired) electrons. The van der Waals surface area contributed by atoms with Gasteiger partial charge in [-0.1, -0.05) is 26.0 Å². The van der Waals surface area contributed by atoms with E-state index in [0.29, 0.717) is 17.5 Å². The lowest BCUT2D eigenvalue weighted by atomic mass is 10.0. The summed E-state index contributed by atoms with van der Waals surface area (Å²) in [5.41, 5.74) is 1.99. The van der Waals surface area contributed by atoms with Crippen molar-refractivity contribution in [2.45, 2.75) is 45.3 Å². The quantitative estimate of drug-likeness (QED) is 0.185. The second-order valence-corrected chi connectivity index (χ2v) is 11.1. The number of pyridine rings is 1. The van der Waals surface area contributed by atoms with Crippen LogP contribution >= 0.6 is 7.82 Å². The van der Waals surface area contributed by atoms with Crippen LogP contribution in [-0.4, -0.2) is 44.6 Å². The molecule has 5 N–H and O–H groups in total. The first-order chi connectivity index (χ1) is 19.9. The van der Waals surface area contributed by atoms with Crippen LogP contribution < -0.4 is 20.5 Å². The minimum Gasteiger partial charge on any atom is -0.404 e. The van der Waals surface area contributed by atoms with Crippen molar-refractivity contribution >= 4 is 25.5 Å². The van der Waals surface area contributed by atoms with Crippen molar-refractivity contribution in [1.29, 1.82) is 5.26 Å². The minimum atomic E-state index is -4.75. The number of phosphoric ester groups is 1. The summed E-state index contributed by atoms with van der Waals surface area (Å²) in [7, 11) is -4.75. The Balaban J connectivity index is 1.80. The molecule has 12 nitrogen and oxygen atoms in total. The Bertz CT molecular complexity index is 1450. The van der Waals surface area contributed by atoms with E-state index in [4.69, 9.17) is 15.0 Å². The lowest BCUT2D eigenvalue weighted by Crippen LogP contribution is -2.54. The van der Waals surface area contributed by atoms with Crippen LogP contribution in [0.2, 0.25) is 0 Å². The normalized spacial score (nSPS) is 12.5. The van der Waals surface area contributed by atoms with Crippen molar-refractivity contribution in [2.75, 3.05) is 0 Å². The zero-order valence-electron chi connectivity index (χ0n) is 23.1. The van der Waals surface area contributed by atoms with E-state index in [1.807, 2.05) is 19.9 Å². The molecule has 0 aliphatic rings. The molecule has 3 aromatic rings. The van der Waals surface area contributed by atoms with Crippen LogP contribution in [0.4, 0.5) is 0 Å². The van der Waals surface area contributed by atoms with Gasteiger partial charge in [-0.2, -0.15) is 5.26 Å². The second-order valence-electron chi connectivity index (χ2n) is 9.91. The van der Waals surface area contributed by atoms with Crippen molar-refractivity contribution in [2.24, 2.45) is 5.92 Å². The fourth-order valence-electron chi connectivity index (χ4n) is 3.99. The van der Waals surface area contributed by atoms with E-state index < -0.39 is 31.7 Å². The van der Waals surface area contributed by atoms with Gasteiger partial charge in [-0.05, 0) is 72.0 Å². The number of phosphoric acid groups is 1. The highest BCUT2D eigenvalue weighted by Gasteiger charge is 2.28. The van der Waals surface area contributed by atoms with Gasteiger partial charge in [0.25, 0.3) is 5.91 Å². The van der Waals surface area contributed by atoms with E-state index in [9.17, 15) is 18.9 Å². The molecule has 0 bridgehead atoms. The maximum absolute atomic E-state index is 13.6. The summed E-state index contributed by atoms with van der Waals surface area (Å²) in [5.74, 6) is -1.56. The summed E-state index contributed by atoms with van der Waals surface area (Å²) in [5, 5.41) is 17.3. The van der Waals surface area contributed by atoms with Crippen molar-refractivity contribution < 1.29 is 33.3 Å². The highest BCUT2D eigenvalue weighted by molar-refractivity contribution is 7.46. The van der Waals surface area contributed by atoms with Crippen LogP contribution in [0.3, 0.4) is 0 Å². The first kappa shape index (κ1) is 32.0. The van der Waals surface area contributed by atoms with E-state index in [1.54, 1.807) is 24.5 Å². The Morgan fingerprint density at radius 1 is 0.905 bits per heavy atom. The number of carbonyl (C=O) groups excluding carboxylic acids is 3. The van der Waals surface area contributed by atoms with Gasteiger partial charge in [0.1, 0.15) is 17.8 Å². The Kier molecular flexibility index (Phi) is 11.3. The lowest BCUT2D eigenvalue weighted by Gasteiger charge is -2.24. The molecule has 0 saturated carbocycles. The third-order valence-corrected chi connectivity index (χ3v) is 6.49. The molecule has 0 unspecified atom stereocenters. The molecular weight excluding hydrogens is 561 g/mol. The van der Waals surface area contributed by atoms with Gasteiger partial charge in [0.2, 0.25) is 11.8 Å². The summed E-state index contributed by atoms with van der Waals surface area (Å²) in [6.45, 7) is 4.08. The molecule has 0 aliphatic heterocycles. The number of hydrogen-bond acceptors (Lipinski definition) is 7. The molecule has 0 saturated heterocycles. The number of nitriles is 1. The molecular formula is C29H32N5O7P. The monoisotopic (exact) mass is 593 g/mol. The summed E-state index contributed by atoms with van der Waals surface area (Å²) in [6, 6.07) is 15.1. The fourth-order valence-corrected chi connectivity index (χ4v) is 4.39. The van der Waals surface area contributed by atoms with Gasteiger partial charge in [-0.15, -0.1) is 0 Å². The van der Waals surface area contributed by atoms with Gasteiger partial charge in [-0.25, -0.2) is 4.57 Å². The molecule has 0 spiro atoms. The smallest absolute Gasteiger partial charge is 0.404 e. The van der Waals surface area contributed by atoms with Crippen molar-refractivity contribution in [1.82, 2.24) is 20.9 Å². The van der Waals surface area contributed by atoms with Crippen molar-refractivity contribution in [3.63, 3.8) is 0 Å². The molecule has 2 aromatic carbocycles. The average molecular weight is 594 g/mol. The summed E-state index contributed by atoms with van der Waals surface area (Å²) in [4.78, 5) is 61.7. The molecule has 0 fully saturated rings. The molecule has 2 atom stereocenters. The molecule has 220 valence electrons.